The summed E-state index contributed by atoms with van der Waals surface area (Å²) in [6, 6.07) is 9.73. The number of alkyl halides is 3. The fraction of sp³-hybridized carbons (Fsp3) is 0.0741. The molecular formula is C27H15ClF5NO5. The van der Waals surface area contributed by atoms with E-state index in [0.717, 1.165) is 30.3 Å². The second kappa shape index (κ2) is 10.7. The number of carboxylic acids is 1. The van der Waals surface area contributed by atoms with Gasteiger partial charge in [-0.25, -0.2) is 18.4 Å². The van der Waals surface area contributed by atoms with Gasteiger partial charge in [0.15, 0.2) is 0 Å². The summed E-state index contributed by atoms with van der Waals surface area (Å²) in [7, 11) is 0. The topological polar surface area (TPSA) is 96.6 Å². The Morgan fingerprint density at radius 1 is 1.05 bits per heavy atom. The molecule has 0 fully saturated rings. The predicted molar refractivity (Wildman–Crippen MR) is 133 cm³/mol. The van der Waals surface area contributed by atoms with Crippen LogP contribution in [0.5, 0.6) is 0 Å². The number of amides is 1. The Kier molecular flexibility index (Phi) is 7.55. The zero-order valence-electron chi connectivity index (χ0n) is 19.4. The van der Waals surface area contributed by atoms with E-state index in [1.165, 1.54) is 24.3 Å². The number of hydrogen-bond acceptors (Lipinski definition) is 4. The largest absolute Gasteiger partial charge is 0.478 e. The minimum absolute atomic E-state index is 0.0210. The molecule has 1 aromatic heterocycles. The molecule has 0 saturated heterocycles. The van der Waals surface area contributed by atoms with Crippen LogP contribution in [0.15, 0.2) is 69.9 Å². The van der Waals surface area contributed by atoms with Crippen LogP contribution in [-0.2, 0) is 22.2 Å². The van der Waals surface area contributed by atoms with Gasteiger partial charge in [-0.3, -0.25) is 4.79 Å². The Labute approximate surface area is 220 Å². The molecule has 4 rings (SSSR count). The van der Waals surface area contributed by atoms with Crippen LogP contribution in [0.2, 0.25) is 5.02 Å². The lowest BCUT2D eigenvalue weighted by Crippen LogP contribution is -2.22. The normalized spacial score (nSPS) is 11.7. The van der Waals surface area contributed by atoms with Gasteiger partial charge >= 0.3 is 17.8 Å². The lowest BCUT2D eigenvalue weighted by molar-refractivity contribution is -0.137. The first-order chi connectivity index (χ1) is 18.3. The van der Waals surface area contributed by atoms with Crippen LogP contribution in [0.25, 0.3) is 28.2 Å². The van der Waals surface area contributed by atoms with Gasteiger partial charge < -0.3 is 14.8 Å². The maximum atomic E-state index is 14.5. The fourth-order valence-corrected chi connectivity index (χ4v) is 4.06. The van der Waals surface area contributed by atoms with Gasteiger partial charge in [-0.15, -0.1) is 0 Å². The molecule has 39 heavy (non-hydrogen) atoms. The SMILES string of the molecule is O=C(O)/C=C/c1cccc(-c2c(CC(=O)Nc3ccc(F)cc3C(F)(F)F)c(=O)oc3cc(Cl)c(F)cc23)c1. The van der Waals surface area contributed by atoms with Gasteiger partial charge in [0.2, 0.25) is 5.91 Å². The van der Waals surface area contributed by atoms with Crippen LogP contribution >= 0.6 is 11.6 Å². The third kappa shape index (κ3) is 6.15. The van der Waals surface area contributed by atoms with Crippen LogP contribution in [0.3, 0.4) is 0 Å². The Morgan fingerprint density at radius 3 is 2.49 bits per heavy atom. The number of anilines is 1. The van der Waals surface area contributed by atoms with Crippen molar-refractivity contribution in [3.63, 3.8) is 0 Å². The number of benzene rings is 3. The second-order valence-corrected chi connectivity index (χ2v) is 8.62. The number of carbonyl (C=O) groups is 2. The van der Waals surface area contributed by atoms with Crippen molar-refractivity contribution < 1.29 is 41.1 Å². The maximum Gasteiger partial charge on any atom is 0.418 e. The summed E-state index contributed by atoms with van der Waals surface area (Å²) < 4.78 is 73.3. The molecule has 1 heterocycles. The van der Waals surface area contributed by atoms with E-state index in [2.05, 4.69) is 0 Å². The minimum Gasteiger partial charge on any atom is -0.478 e. The molecule has 0 bridgehead atoms. The number of carbonyl (C=O) groups excluding carboxylic acids is 1. The van der Waals surface area contributed by atoms with Crippen molar-refractivity contribution in [1.82, 2.24) is 0 Å². The van der Waals surface area contributed by atoms with E-state index in [1.54, 1.807) is 6.07 Å². The molecule has 0 atom stereocenters. The number of rotatable bonds is 6. The highest BCUT2D eigenvalue weighted by Crippen LogP contribution is 2.36. The highest BCUT2D eigenvalue weighted by Gasteiger charge is 2.34. The van der Waals surface area contributed by atoms with Gasteiger partial charge in [-0.1, -0.05) is 29.8 Å². The zero-order chi connectivity index (χ0) is 28.5. The van der Waals surface area contributed by atoms with E-state index >= 15 is 0 Å². The minimum atomic E-state index is -4.99. The molecule has 3 aromatic carbocycles. The third-order valence-corrected chi connectivity index (χ3v) is 5.82. The van der Waals surface area contributed by atoms with Crippen molar-refractivity contribution in [1.29, 1.82) is 0 Å². The van der Waals surface area contributed by atoms with Gasteiger partial charge in [-0.05, 0) is 47.5 Å². The lowest BCUT2D eigenvalue weighted by Gasteiger charge is -2.15. The summed E-state index contributed by atoms with van der Waals surface area (Å²) in [6.45, 7) is 0. The number of fused-ring (bicyclic) bond motifs is 1. The third-order valence-electron chi connectivity index (χ3n) is 5.53. The number of aliphatic carboxylic acids is 1. The lowest BCUT2D eigenvalue weighted by atomic mass is 9.94. The first kappa shape index (κ1) is 27.5. The molecule has 0 aliphatic rings. The first-order valence-corrected chi connectivity index (χ1v) is 11.3. The van der Waals surface area contributed by atoms with E-state index < -0.39 is 53.0 Å². The monoisotopic (exact) mass is 563 g/mol. The second-order valence-electron chi connectivity index (χ2n) is 8.22. The smallest absolute Gasteiger partial charge is 0.418 e. The van der Waals surface area contributed by atoms with Crippen molar-refractivity contribution in [3.8, 4) is 11.1 Å². The summed E-state index contributed by atoms with van der Waals surface area (Å²) in [6.07, 6.45) is -3.66. The summed E-state index contributed by atoms with van der Waals surface area (Å²) in [4.78, 5) is 36.8. The molecule has 0 radical (unpaired) electrons. The first-order valence-electron chi connectivity index (χ1n) is 11.0. The van der Waals surface area contributed by atoms with E-state index in [-0.39, 0.29) is 38.7 Å². The standard InChI is InChI=1S/C27H15ClF5NO5/c28-19-12-22-16(10-20(19)30)25(14-3-1-2-13(8-14)4-7-24(36)37)17(26(38)39-22)11-23(35)34-21-6-5-15(29)9-18(21)27(31,32)33/h1-10,12H,11H2,(H,34,35)(H,36,37)/b7-4+. The van der Waals surface area contributed by atoms with E-state index in [4.69, 9.17) is 21.1 Å². The van der Waals surface area contributed by atoms with Gasteiger partial charge in [0.1, 0.15) is 17.2 Å². The fourth-order valence-electron chi connectivity index (χ4n) is 3.91. The zero-order valence-corrected chi connectivity index (χ0v) is 20.2. The molecule has 0 aliphatic heterocycles. The number of halogens is 6. The van der Waals surface area contributed by atoms with Crippen LogP contribution < -0.4 is 10.9 Å². The Hall–Kier alpha value is -4.51. The van der Waals surface area contributed by atoms with Gasteiger partial charge in [0.05, 0.1) is 28.3 Å². The van der Waals surface area contributed by atoms with Gasteiger partial charge in [0, 0.05) is 23.1 Å². The Morgan fingerprint density at radius 2 is 1.79 bits per heavy atom. The summed E-state index contributed by atoms with van der Waals surface area (Å²) in [5.74, 6) is -4.34. The number of carboxylic acid groups (broad SMARTS) is 1. The molecule has 0 saturated carbocycles. The quantitative estimate of drug-likeness (QED) is 0.155. The van der Waals surface area contributed by atoms with Crippen LogP contribution in [0, 0.1) is 11.6 Å². The van der Waals surface area contributed by atoms with Crippen molar-refractivity contribution in [2.45, 2.75) is 12.6 Å². The van der Waals surface area contributed by atoms with Crippen molar-refractivity contribution in [2.24, 2.45) is 0 Å². The molecule has 0 aliphatic carbocycles. The van der Waals surface area contributed by atoms with Crippen molar-refractivity contribution in [3.05, 3.63) is 104 Å². The van der Waals surface area contributed by atoms with E-state index in [1.807, 2.05) is 5.32 Å². The molecule has 6 nitrogen and oxygen atoms in total. The Bertz CT molecular complexity index is 1710. The highest BCUT2D eigenvalue weighted by molar-refractivity contribution is 6.31. The number of nitrogens with one attached hydrogen (secondary N) is 1. The summed E-state index contributed by atoms with van der Waals surface area (Å²) in [5, 5.41) is 10.6. The van der Waals surface area contributed by atoms with Crippen LogP contribution in [0.1, 0.15) is 16.7 Å². The summed E-state index contributed by atoms with van der Waals surface area (Å²) >= 11 is 5.83. The molecule has 1 amide bonds. The average molecular weight is 564 g/mol. The molecule has 200 valence electrons. The van der Waals surface area contributed by atoms with E-state index in [9.17, 15) is 36.3 Å². The van der Waals surface area contributed by atoms with Crippen molar-refractivity contribution in [2.75, 3.05) is 5.32 Å². The molecule has 12 heteroatoms. The van der Waals surface area contributed by atoms with Crippen molar-refractivity contribution >= 4 is 46.2 Å². The van der Waals surface area contributed by atoms with Crippen LogP contribution in [0.4, 0.5) is 27.6 Å². The predicted octanol–water partition coefficient (Wildman–Crippen LogP) is 6.69. The molecule has 0 unspecified atom stereocenters. The maximum absolute atomic E-state index is 14.5. The molecular weight excluding hydrogens is 549 g/mol. The molecule has 4 aromatic rings. The van der Waals surface area contributed by atoms with Gasteiger partial charge in [0.25, 0.3) is 0 Å². The highest BCUT2D eigenvalue weighted by atomic mass is 35.5. The summed E-state index contributed by atoms with van der Waals surface area (Å²) in [5.41, 5.74) is -3.02. The van der Waals surface area contributed by atoms with Crippen LogP contribution in [-0.4, -0.2) is 17.0 Å². The van der Waals surface area contributed by atoms with Gasteiger partial charge in [-0.2, -0.15) is 13.2 Å². The molecule has 2 N–H and O–H groups in total. The number of hydrogen-bond donors (Lipinski definition) is 2. The molecule has 0 spiro atoms. The van der Waals surface area contributed by atoms with E-state index in [0.29, 0.717) is 5.56 Å². The Balaban J connectivity index is 1.85. The average Bonchev–Trinajstić information content (AvgIpc) is 2.85.